The van der Waals surface area contributed by atoms with Crippen molar-refractivity contribution in [1.82, 2.24) is 0 Å². The molecule has 0 saturated carbocycles. The largest absolute Gasteiger partial charge is 0.457 e. The number of carbonyl (C=O) groups excluding carboxylic acids is 1. The number of carbonyl (C=O) groups is 1. The Bertz CT molecular complexity index is 747. The van der Waals surface area contributed by atoms with Crippen molar-refractivity contribution in [1.29, 1.82) is 0 Å². The molecule has 1 N–H and O–H groups in total. The van der Waals surface area contributed by atoms with Gasteiger partial charge in [0.05, 0.1) is 6.61 Å². The first kappa shape index (κ1) is 17.3. The quantitative estimate of drug-likeness (QED) is 0.610. The summed E-state index contributed by atoms with van der Waals surface area (Å²) in [5.74, 6) is -0.357. The van der Waals surface area contributed by atoms with Gasteiger partial charge in [0.15, 0.2) is 5.78 Å². The van der Waals surface area contributed by atoms with E-state index in [9.17, 15) is 18.6 Å². The highest BCUT2D eigenvalue weighted by Crippen LogP contribution is 2.42. The molecule has 5 nitrogen and oxygen atoms in total. The SMILES string of the molecule is CCOP(=O)(O)CC(=O)c1cccc(Oc2cccc(F)c2)c1. The fourth-order valence-electron chi connectivity index (χ4n) is 1.92. The molecule has 0 heterocycles. The zero-order chi connectivity index (χ0) is 16.9. The molecule has 0 saturated heterocycles. The minimum Gasteiger partial charge on any atom is -0.457 e. The van der Waals surface area contributed by atoms with Gasteiger partial charge in [-0.25, -0.2) is 4.39 Å². The lowest BCUT2D eigenvalue weighted by Gasteiger charge is -2.11. The van der Waals surface area contributed by atoms with Gasteiger partial charge in [-0.05, 0) is 31.2 Å². The minimum absolute atomic E-state index is 0.0454. The van der Waals surface area contributed by atoms with Crippen LogP contribution >= 0.6 is 7.60 Å². The number of rotatable bonds is 7. The highest BCUT2D eigenvalue weighted by atomic mass is 31.2. The van der Waals surface area contributed by atoms with Crippen molar-refractivity contribution < 1.29 is 27.9 Å². The summed E-state index contributed by atoms with van der Waals surface area (Å²) in [4.78, 5) is 21.6. The summed E-state index contributed by atoms with van der Waals surface area (Å²) in [5.41, 5.74) is 0.216. The Labute approximate surface area is 133 Å². The van der Waals surface area contributed by atoms with E-state index in [2.05, 4.69) is 4.52 Å². The van der Waals surface area contributed by atoms with Crippen molar-refractivity contribution in [2.45, 2.75) is 6.92 Å². The Morgan fingerprint density at radius 2 is 1.83 bits per heavy atom. The fraction of sp³-hybridized carbons (Fsp3) is 0.188. The zero-order valence-corrected chi connectivity index (χ0v) is 13.3. The van der Waals surface area contributed by atoms with Gasteiger partial charge in [0.25, 0.3) is 0 Å². The van der Waals surface area contributed by atoms with E-state index in [1.165, 1.54) is 30.3 Å². The topological polar surface area (TPSA) is 72.8 Å². The Balaban J connectivity index is 2.13. The molecule has 0 fully saturated rings. The summed E-state index contributed by atoms with van der Waals surface area (Å²) >= 11 is 0. The molecule has 1 atom stereocenters. The molecule has 0 aromatic heterocycles. The van der Waals surface area contributed by atoms with Crippen molar-refractivity contribution in [3.63, 3.8) is 0 Å². The van der Waals surface area contributed by atoms with Gasteiger partial charge in [-0.1, -0.05) is 18.2 Å². The first-order valence-electron chi connectivity index (χ1n) is 6.92. The summed E-state index contributed by atoms with van der Waals surface area (Å²) in [7, 11) is -3.94. The standard InChI is InChI=1S/C16H16FO5P/c1-2-21-23(19,20)11-16(18)12-5-3-7-14(9-12)22-15-8-4-6-13(17)10-15/h3-10H,2,11H2,1H3,(H,19,20). The third kappa shape index (κ3) is 5.28. The van der Waals surface area contributed by atoms with E-state index in [0.29, 0.717) is 5.75 Å². The minimum atomic E-state index is -3.94. The number of Topliss-reactive ketones (excluding diaryl/α,β-unsaturated/α-hetero) is 1. The normalized spacial score (nSPS) is 13.3. The van der Waals surface area contributed by atoms with Gasteiger partial charge in [0.1, 0.15) is 23.5 Å². The van der Waals surface area contributed by atoms with Crippen molar-refractivity contribution in [2.24, 2.45) is 0 Å². The molecule has 0 aliphatic carbocycles. The van der Waals surface area contributed by atoms with Crippen molar-refractivity contribution in [2.75, 3.05) is 12.8 Å². The van der Waals surface area contributed by atoms with Crippen LogP contribution in [0.3, 0.4) is 0 Å². The molecule has 0 spiro atoms. The molecule has 0 amide bonds. The zero-order valence-electron chi connectivity index (χ0n) is 12.4. The molecule has 0 aliphatic heterocycles. The molecule has 1 unspecified atom stereocenters. The van der Waals surface area contributed by atoms with E-state index < -0.39 is 25.4 Å². The van der Waals surface area contributed by atoms with Crippen LogP contribution in [0.4, 0.5) is 4.39 Å². The van der Waals surface area contributed by atoms with Crippen LogP contribution in [0.15, 0.2) is 48.5 Å². The van der Waals surface area contributed by atoms with Gasteiger partial charge in [-0.3, -0.25) is 9.36 Å². The maximum Gasteiger partial charge on any atom is 0.335 e. The molecular formula is C16H16FO5P. The number of halogens is 1. The molecule has 122 valence electrons. The van der Waals surface area contributed by atoms with Crippen LogP contribution in [0, 0.1) is 5.82 Å². The molecule has 7 heteroatoms. The Morgan fingerprint density at radius 1 is 1.17 bits per heavy atom. The number of hydrogen-bond donors (Lipinski definition) is 1. The van der Waals surface area contributed by atoms with Gasteiger partial charge in [0, 0.05) is 11.6 Å². The third-order valence-corrected chi connectivity index (χ3v) is 4.21. The second kappa shape index (κ2) is 7.51. The summed E-state index contributed by atoms with van der Waals surface area (Å²) in [6.45, 7) is 1.62. The lowest BCUT2D eigenvalue weighted by atomic mass is 10.1. The van der Waals surface area contributed by atoms with Crippen LogP contribution in [-0.2, 0) is 9.09 Å². The predicted octanol–water partition coefficient (Wildman–Crippen LogP) is 4.02. The first-order valence-corrected chi connectivity index (χ1v) is 8.69. The molecule has 23 heavy (non-hydrogen) atoms. The van der Waals surface area contributed by atoms with Crippen LogP contribution in [0.2, 0.25) is 0 Å². The van der Waals surface area contributed by atoms with Gasteiger partial charge >= 0.3 is 7.60 Å². The van der Waals surface area contributed by atoms with Gasteiger partial charge in [-0.2, -0.15) is 0 Å². The van der Waals surface area contributed by atoms with Crippen LogP contribution in [-0.4, -0.2) is 23.4 Å². The maximum absolute atomic E-state index is 13.1. The van der Waals surface area contributed by atoms with Crippen LogP contribution in [0.5, 0.6) is 11.5 Å². The molecule has 2 aromatic carbocycles. The molecule has 0 aliphatic rings. The number of benzene rings is 2. The predicted molar refractivity (Wildman–Crippen MR) is 83.6 cm³/mol. The summed E-state index contributed by atoms with van der Waals surface area (Å²) < 4.78 is 34.9. The van der Waals surface area contributed by atoms with E-state index in [0.717, 1.165) is 0 Å². The van der Waals surface area contributed by atoms with E-state index >= 15 is 0 Å². The highest BCUT2D eigenvalue weighted by molar-refractivity contribution is 7.53. The summed E-state index contributed by atoms with van der Waals surface area (Å²) in [5, 5.41) is 0. The third-order valence-electron chi connectivity index (χ3n) is 2.86. The van der Waals surface area contributed by atoms with Crippen molar-refractivity contribution in [3.8, 4) is 11.5 Å². The van der Waals surface area contributed by atoms with Crippen LogP contribution in [0.25, 0.3) is 0 Å². The second-order valence-corrected chi connectivity index (χ2v) is 6.57. The monoisotopic (exact) mass is 338 g/mol. The van der Waals surface area contributed by atoms with Gasteiger partial charge in [-0.15, -0.1) is 0 Å². The first-order chi connectivity index (χ1) is 10.9. The molecule has 2 rings (SSSR count). The second-order valence-electron chi connectivity index (χ2n) is 4.72. The smallest absolute Gasteiger partial charge is 0.335 e. The Hall–Kier alpha value is -2.01. The fourth-order valence-corrected chi connectivity index (χ4v) is 2.96. The number of hydrogen-bond acceptors (Lipinski definition) is 4. The average Bonchev–Trinajstić information content (AvgIpc) is 2.47. The van der Waals surface area contributed by atoms with Crippen molar-refractivity contribution in [3.05, 3.63) is 59.9 Å². The van der Waals surface area contributed by atoms with Crippen LogP contribution < -0.4 is 4.74 Å². The molecule has 0 bridgehead atoms. The lowest BCUT2D eigenvalue weighted by molar-refractivity contribution is 0.101. The van der Waals surface area contributed by atoms with E-state index in [1.54, 1.807) is 25.1 Å². The Kier molecular flexibility index (Phi) is 5.66. The van der Waals surface area contributed by atoms with Crippen molar-refractivity contribution >= 4 is 13.4 Å². The molecular weight excluding hydrogens is 322 g/mol. The maximum atomic E-state index is 13.1. The number of ether oxygens (including phenoxy) is 1. The summed E-state index contributed by atoms with van der Waals surface area (Å²) in [6.07, 6.45) is -0.607. The molecule has 2 aromatic rings. The summed E-state index contributed by atoms with van der Waals surface area (Å²) in [6, 6.07) is 11.7. The van der Waals surface area contributed by atoms with E-state index in [1.807, 2.05) is 0 Å². The molecule has 0 radical (unpaired) electrons. The Morgan fingerprint density at radius 3 is 2.48 bits per heavy atom. The van der Waals surface area contributed by atoms with Gasteiger partial charge in [0.2, 0.25) is 0 Å². The van der Waals surface area contributed by atoms with Gasteiger partial charge < -0.3 is 14.2 Å². The number of ketones is 1. The van der Waals surface area contributed by atoms with E-state index in [4.69, 9.17) is 4.74 Å². The van der Waals surface area contributed by atoms with E-state index in [-0.39, 0.29) is 17.9 Å². The van der Waals surface area contributed by atoms with Crippen LogP contribution in [0.1, 0.15) is 17.3 Å². The average molecular weight is 338 g/mol. The highest BCUT2D eigenvalue weighted by Gasteiger charge is 2.24. The lowest BCUT2D eigenvalue weighted by Crippen LogP contribution is -2.08.